The topological polar surface area (TPSA) is 61.9 Å². The first-order valence-corrected chi connectivity index (χ1v) is 6.99. The second kappa shape index (κ2) is 6.34. The molecule has 2 heterocycles. The number of hydrogen-bond acceptors (Lipinski definition) is 4. The lowest BCUT2D eigenvalue weighted by Gasteiger charge is -2.38. The van der Waals surface area contributed by atoms with Crippen LogP contribution in [-0.4, -0.2) is 73.6 Å². The summed E-state index contributed by atoms with van der Waals surface area (Å²) in [6, 6.07) is -0.518. The number of amides is 2. The van der Waals surface area contributed by atoms with Gasteiger partial charge < -0.3 is 19.9 Å². The van der Waals surface area contributed by atoms with Crippen molar-refractivity contribution in [1.82, 2.24) is 15.1 Å². The third kappa shape index (κ3) is 3.06. The summed E-state index contributed by atoms with van der Waals surface area (Å²) in [5, 5.41) is 3.02. The average molecular weight is 269 g/mol. The second-order valence-corrected chi connectivity index (χ2v) is 5.13. The van der Waals surface area contributed by atoms with Crippen LogP contribution in [0.5, 0.6) is 0 Å². The van der Waals surface area contributed by atoms with Crippen molar-refractivity contribution in [2.24, 2.45) is 0 Å². The van der Waals surface area contributed by atoms with Crippen LogP contribution in [0.4, 0.5) is 0 Å². The predicted molar refractivity (Wildman–Crippen MR) is 70.7 cm³/mol. The van der Waals surface area contributed by atoms with Crippen molar-refractivity contribution in [3.8, 4) is 0 Å². The molecule has 0 aromatic carbocycles. The van der Waals surface area contributed by atoms with Crippen LogP contribution in [0.2, 0.25) is 0 Å². The highest BCUT2D eigenvalue weighted by Crippen LogP contribution is 2.16. The molecule has 6 heteroatoms. The Labute approximate surface area is 114 Å². The molecule has 2 aliphatic heterocycles. The summed E-state index contributed by atoms with van der Waals surface area (Å²) in [7, 11) is 1.79. The molecule has 2 rings (SSSR count). The van der Waals surface area contributed by atoms with Gasteiger partial charge in [0.1, 0.15) is 6.04 Å². The standard InChI is InChI=1S/C13H23N3O3/c1-10(12(17)15-6-8-19-9-7-15)16-5-3-4-11(14-2)13(16)18/h10-11,14H,3-9H2,1-2H3. The molecule has 0 bridgehead atoms. The number of morpholine rings is 1. The van der Waals surface area contributed by atoms with Gasteiger partial charge >= 0.3 is 0 Å². The second-order valence-electron chi connectivity index (χ2n) is 5.13. The van der Waals surface area contributed by atoms with Gasteiger partial charge in [0.05, 0.1) is 19.3 Å². The molecule has 0 saturated carbocycles. The lowest BCUT2D eigenvalue weighted by atomic mass is 10.0. The number of nitrogens with zero attached hydrogens (tertiary/aromatic N) is 2. The van der Waals surface area contributed by atoms with Crippen LogP contribution in [0.1, 0.15) is 19.8 Å². The maximum Gasteiger partial charge on any atom is 0.245 e. The number of carbonyl (C=O) groups is 2. The molecule has 6 nitrogen and oxygen atoms in total. The van der Waals surface area contributed by atoms with Gasteiger partial charge in [0.15, 0.2) is 0 Å². The Balaban J connectivity index is 1.99. The summed E-state index contributed by atoms with van der Waals surface area (Å²) in [5.74, 6) is 0.0799. The van der Waals surface area contributed by atoms with E-state index in [9.17, 15) is 9.59 Å². The summed E-state index contributed by atoms with van der Waals surface area (Å²) in [5.41, 5.74) is 0. The minimum atomic E-state index is -0.373. The number of likely N-dealkylation sites (N-methyl/N-ethyl adjacent to an activating group) is 1. The molecular formula is C13H23N3O3. The highest BCUT2D eigenvalue weighted by Gasteiger charge is 2.35. The predicted octanol–water partition coefficient (Wildman–Crippen LogP) is -0.556. The molecule has 0 radical (unpaired) electrons. The Morgan fingerprint density at radius 3 is 2.68 bits per heavy atom. The zero-order valence-corrected chi connectivity index (χ0v) is 11.7. The first kappa shape index (κ1) is 14.3. The highest BCUT2D eigenvalue weighted by molar-refractivity contribution is 5.90. The van der Waals surface area contributed by atoms with Crippen LogP contribution in [0.15, 0.2) is 0 Å². The van der Waals surface area contributed by atoms with Crippen molar-refractivity contribution in [3.63, 3.8) is 0 Å². The maximum atomic E-state index is 12.4. The van der Waals surface area contributed by atoms with Gasteiger partial charge in [0.2, 0.25) is 11.8 Å². The van der Waals surface area contributed by atoms with Crippen molar-refractivity contribution >= 4 is 11.8 Å². The van der Waals surface area contributed by atoms with Crippen molar-refractivity contribution in [1.29, 1.82) is 0 Å². The number of ether oxygens (including phenoxy) is 1. The Morgan fingerprint density at radius 2 is 2.05 bits per heavy atom. The average Bonchev–Trinajstić information content (AvgIpc) is 2.47. The minimum Gasteiger partial charge on any atom is -0.378 e. The Morgan fingerprint density at radius 1 is 1.37 bits per heavy atom. The lowest BCUT2D eigenvalue weighted by molar-refractivity contribution is -0.150. The van der Waals surface area contributed by atoms with E-state index in [0.29, 0.717) is 32.8 Å². The first-order chi connectivity index (χ1) is 9.15. The van der Waals surface area contributed by atoms with Crippen LogP contribution in [-0.2, 0) is 14.3 Å². The first-order valence-electron chi connectivity index (χ1n) is 6.99. The van der Waals surface area contributed by atoms with Gasteiger partial charge in [-0.05, 0) is 26.8 Å². The van der Waals surface area contributed by atoms with E-state index >= 15 is 0 Å². The Hall–Kier alpha value is -1.14. The van der Waals surface area contributed by atoms with Crippen molar-refractivity contribution < 1.29 is 14.3 Å². The normalized spacial score (nSPS) is 26.4. The summed E-state index contributed by atoms with van der Waals surface area (Å²) in [6.07, 6.45) is 1.79. The zero-order valence-electron chi connectivity index (χ0n) is 11.7. The minimum absolute atomic E-state index is 0.0356. The van der Waals surface area contributed by atoms with Crippen LogP contribution < -0.4 is 5.32 Å². The number of carbonyl (C=O) groups excluding carboxylic acids is 2. The van der Waals surface area contributed by atoms with Gasteiger partial charge in [-0.15, -0.1) is 0 Å². The molecule has 108 valence electrons. The highest BCUT2D eigenvalue weighted by atomic mass is 16.5. The van der Waals surface area contributed by atoms with Gasteiger partial charge in [-0.3, -0.25) is 9.59 Å². The molecule has 2 saturated heterocycles. The monoisotopic (exact) mass is 269 g/mol. The smallest absolute Gasteiger partial charge is 0.245 e. The fraction of sp³-hybridized carbons (Fsp3) is 0.846. The van der Waals surface area contributed by atoms with Crippen molar-refractivity contribution in [2.75, 3.05) is 39.9 Å². The van der Waals surface area contributed by atoms with Crippen molar-refractivity contribution in [3.05, 3.63) is 0 Å². The number of nitrogens with one attached hydrogen (secondary N) is 1. The Kier molecular flexibility index (Phi) is 4.76. The third-order valence-electron chi connectivity index (χ3n) is 3.97. The lowest BCUT2D eigenvalue weighted by Crippen LogP contribution is -2.58. The summed E-state index contributed by atoms with van der Waals surface area (Å²) in [4.78, 5) is 28.2. The maximum absolute atomic E-state index is 12.4. The molecule has 0 aromatic heterocycles. The van der Waals surface area contributed by atoms with Gasteiger partial charge in [-0.2, -0.15) is 0 Å². The van der Waals surface area contributed by atoms with E-state index in [0.717, 1.165) is 12.8 Å². The van der Waals surface area contributed by atoms with Gasteiger partial charge in [-0.25, -0.2) is 0 Å². The number of rotatable bonds is 3. The van der Waals surface area contributed by atoms with E-state index in [-0.39, 0.29) is 23.9 Å². The largest absolute Gasteiger partial charge is 0.378 e. The number of piperidine rings is 1. The molecule has 0 aliphatic carbocycles. The fourth-order valence-electron chi connectivity index (χ4n) is 2.73. The molecule has 2 fully saturated rings. The van der Waals surface area contributed by atoms with E-state index < -0.39 is 0 Å². The van der Waals surface area contributed by atoms with Gasteiger partial charge in [0.25, 0.3) is 0 Å². The SMILES string of the molecule is CNC1CCCN(C(C)C(=O)N2CCOCC2)C1=O. The van der Waals surface area contributed by atoms with Gasteiger partial charge in [0, 0.05) is 19.6 Å². The molecule has 1 N–H and O–H groups in total. The van der Waals surface area contributed by atoms with E-state index in [1.807, 2.05) is 6.92 Å². The van der Waals surface area contributed by atoms with Crippen LogP contribution in [0.3, 0.4) is 0 Å². The van der Waals surface area contributed by atoms with E-state index in [2.05, 4.69) is 5.32 Å². The Bertz CT molecular complexity index is 342. The molecule has 2 unspecified atom stereocenters. The van der Waals surface area contributed by atoms with Gasteiger partial charge in [-0.1, -0.05) is 0 Å². The van der Waals surface area contributed by atoms with E-state index in [4.69, 9.17) is 4.74 Å². The van der Waals surface area contributed by atoms with Crippen LogP contribution >= 0.6 is 0 Å². The summed E-state index contributed by atoms with van der Waals surface area (Å²) >= 11 is 0. The molecule has 2 atom stereocenters. The van der Waals surface area contributed by atoms with E-state index in [1.165, 1.54) is 0 Å². The number of likely N-dealkylation sites (tertiary alicyclic amines) is 1. The molecule has 19 heavy (non-hydrogen) atoms. The zero-order chi connectivity index (χ0) is 13.8. The molecule has 2 amide bonds. The van der Waals surface area contributed by atoms with E-state index in [1.54, 1.807) is 16.8 Å². The van der Waals surface area contributed by atoms with Crippen molar-refractivity contribution in [2.45, 2.75) is 31.8 Å². The third-order valence-corrected chi connectivity index (χ3v) is 3.97. The molecule has 0 aromatic rings. The molecule has 2 aliphatic rings. The number of hydrogen-bond donors (Lipinski definition) is 1. The molecular weight excluding hydrogens is 246 g/mol. The molecule has 0 spiro atoms. The summed E-state index contributed by atoms with van der Waals surface area (Å²) in [6.45, 7) is 4.93. The summed E-state index contributed by atoms with van der Waals surface area (Å²) < 4.78 is 5.25. The quantitative estimate of drug-likeness (QED) is 0.746. The van der Waals surface area contributed by atoms with Crippen LogP contribution in [0.25, 0.3) is 0 Å². The fourth-order valence-corrected chi connectivity index (χ4v) is 2.73. The van der Waals surface area contributed by atoms with Crippen LogP contribution in [0, 0.1) is 0 Å².